The monoisotopic (exact) mass is 324 g/mol. The first-order valence-corrected chi connectivity index (χ1v) is 7.78. The van der Waals surface area contributed by atoms with E-state index < -0.39 is 0 Å². The van der Waals surface area contributed by atoms with Crippen LogP contribution in [0.3, 0.4) is 0 Å². The molecule has 0 saturated carbocycles. The van der Waals surface area contributed by atoms with Gasteiger partial charge in [-0.2, -0.15) is 0 Å². The second-order valence-electron chi connectivity index (χ2n) is 5.59. The molecule has 1 aliphatic heterocycles. The molecule has 0 radical (unpaired) electrons. The number of pyridine rings is 1. The predicted molar refractivity (Wildman–Crippen MR) is 80.0 cm³/mol. The molecule has 19 heavy (non-hydrogen) atoms. The van der Waals surface area contributed by atoms with Crippen LogP contribution in [0.15, 0.2) is 22.8 Å². The topological polar surface area (TPSA) is 33.2 Å². The Kier molecular flexibility index (Phi) is 4.97. The van der Waals surface area contributed by atoms with Gasteiger partial charge in [0.15, 0.2) is 0 Å². The zero-order valence-electron chi connectivity index (χ0n) is 11.6. The Balaban J connectivity index is 2.02. The second-order valence-corrected chi connectivity index (χ2v) is 6.50. The maximum absolute atomic E-state index is 12.4. The number of hydrogen-bond donors (Lipinski definition) is 0. The van der Waals surface area contributed by atoms with Crippen molar-refractivity contribution in [3.8, 4) is 0 Å². The summed E-state index contributed by atoms with van der Waals surface area (Å²) in [6.45, 7) is 6.27. The molecule has 1 aliphatic rings. The van der Waals surface area contributed by atoms with Crippen LogP contribution in [0.1, 0.15) is 43.6 Å². The quantitative estimate of drug-likeness (QED) is 0.830. The first-order chi connectivity index (χ1) is 9.08. The Bertz CT molecular complexity index is 430. The molecule has 1 aromatic heterocycles. The lowest BCUT2D eigenvalue weighted by Gasteiger charge is -2.21. The van der Waals surface area contributed by atoms with Crippen LogP contribution < -0.4 is 0 Å². The van der Waals surface area contributed by atoms with Gasteiger partial charge in [-0.05, 0) is 59.2 Å². The fourth-order valence-corrected chi connectivity index (χ4v) is 2.89. The number of amides is 1. The summed E-state index contributed by atoms with van der Waals surface area (Å²) in [5.41, 5.74) is 0.547. The highest BCUT2D eigenvalue weighted by Crippen LogP contribution is 2.25. The van der Waals surface area contributed by atoms with Gasteiger partial charge in [0, 0.05) is 23.8 Å². The maximum Gasteiger partial charge on any atom is 0.272 e. The third kappa shape index (κ3) is 3.78. The van der Waals surface area contributed by atoms with Crippen LogP contribution in [0.25, 0.3) is 0 Å². The Morgan fingerprint density at radius 1 is 1.37 bits per heavy atom. The zero-order valence-corrected chi connectivity index (χ0v) is 13.2. The van der Waals surface area contributed by atoms with E-state index in [-0.39, 0.29) is 5.91 Å². The van der Waals surface area contributed by atoms with Crippen molar-refractivity contribution in [2.45, 2.75) is 33.1 Å². The van der Waals surface area contributed by atoms with E-state index in [1.165, 1.54) is 6.42 Å². The molecule has 2 heterocycles. The molecule has 2 rings (SSSR count). The van der Waals surface area contributed by atoms with Crippen LogP contribution >= 0.6 is 15.9 Å². The summed E-state index contributed by atoms with van der Waals surface area (Å²) < 4.78 is 0.903. The lowest BCUT2D eigenvalue weighted by molar-refractivity contribution is 0.0753. The van der Waals surface area contributed by atoms with Crippen molar-refractivity contribution < 1.29 is 4.79 Å². The highest BCUT2D eigenvalue weighted by Gasteiger charge is 2.23. The van der Waals surface area contributed by atoms with E-state index in [9.17, 15) is 4.79 Å². The third-order valence-electron chi connectivity index (χ3n) is 3.95. The van der Waals surface area contributed by atoms with Gasteiger partial charge in [-0.3, -0.25) is 4.79 Å². The normalized spacial score (nSPS) is 20.4. The molecular formula is C15H21BrN2O. The van der Waals surface area contributed by atoms with Crippen molar-refractivity contribution in [2.75, 3.05) is 13.1 Å². The summed E-state index contributed by atoms with van der Waals surface area (Å²) in [7, 11) is 0. The number of halogens is 1. The first kappa shape index (κ1) is 14.5. The van der Waals surface area contributed by atoms with Crippen molar-refractivity contribution >= 4 is 21.8 Å². The number of aromatic nitrogens is 1. The molecule has 0 aromatic carbocycles. The summed E-state index contributed by atoms with van der Waals surface area (Å²) in [6, 6.07) is 3.66. The van der Waals surface area contributed by atoms with E-state index in [2.05, 4.69) is 34.8 Å². The Hall–Kier alpha value is -0.900. The van der Waals surface area contributed by atoms with Gasteiger partial charge >= 0.3 is 0 Å². The Labute approximate surface area is 123 Å². The number of carbonyl (C=O) groups excluding carboxylic acids is 1. The molecule has 0 bridgehead atoms. The van der Waals surface area contributed by atoms with Crippen molar-refractivity contribution in [1.82, 2.24) is 9.88 Å². The molecule has 0 spiro atoms. The molecule has 1 aromatic rings. The standard InChI is InChI=1S/C15H21BrN2O/c1-11(2)12-4-3-8-18(9-7-12)15(19)14-6-5-13(16)10-17-14/h5-6,10-12H,3-4,7-9H2,1-2H3. The first-order valence-electron chi connectivity index (χ1n) is 6.98. The summed E-state index contributed by atoms with van der Waals surface area (Å²) in [5.74, 6) is 1.52. The molecule has 4 heteroatoms. The minimum absolute atomic E-state index is 0.0666. The van der Waals surface area contributed by atoms with Gasteiger partial charge in [0.05, 0.1) is 0 Å². The van der Waals surface area contributed by atoms with Crippen molar-refractivity contribution in [3.63, 3.8) is 0 Å². The van der Waals surface area contributed by atoms with Gasteiger partial charge in [0.2, 0.25) is 0 Å². The van der Waals surface area contributed by atoms with Crippen LogP contribution in [-0.2, 0) is 0 Å². The molecule has 1 atom stereocenters. The smallest absolute Gasteiger partial charge is 0.272 e. The van der Waals surface area contributed by atoms with E-state index in [1.807, 2.05) is 11.0 Å². The average molecular weight is 325 g/mol. The van der Waals surface area contributed by atoms with Gasteiger partial charge in [0.1, 0.15) is 5.69 Å². The molecule has 104 valence electrons. The van der Waals surface area contributed by atoms with Crippen LogP contribution in [-0.4, -0.2) is 28.9 Å². The van der Waals surface area contributed by atoms with E-state index in [0.29, 0.717) is 11.6 Å². The highest BCUT2D eigenvalue weighted by atomic mass is 79.9. The van der Waals surface area contributed by atoms with Crippen LogP contribution in [0.2, 0.25) is 0 Å². The number of rotatable bonds is 2. The largest absolute Gasteiger partial charge is 0.337 e. The molecule has 1 amide bonds. The second kappa shape index (κ2) is 6.51. The summed E-state index contributed by atoms with van der Waals surface area (Å²) in [6.07, 6.45) is 5.13. The van der Waals surface area contributed by atoms with Gasteiger partial charge in [-0.25, -0.2) is 4.98 Å². The minimum Gasteiger partial charge on any atom is -0.337 e. The van der Waals surface area contributed by atoms with Crippen LogP contribution in [0.4, 0.5) is 0 Å². The molecule has 3 nitrogen and oxygen atoms in total. The molecule has 1 unspecified atom stereocenters. The predicted octanol–water partition coefficient (Wildman–Crippen LogP) is 3.74. The summed E-state index contributed by atoms with van der Waals surface area (Å²) in [4.78, 5) is 18.5. The Morgan fingerprint density at radius 3 is 2.79 bits per heavy atom. The average Bonchev–Trinajstić information content (AvgIpc) is 2.64. The highest BCUT2D eigenvalue weighted by molar-refractivity contribution is 9.10. The molecule has 0 aliphatic carbocycles. The van der Waals surface area contributed by atoms with Gasteiger partial charge < -0.3 is 4.90 Å². The number of likely N-dealkylation sites (tertiary alicyclic amines) is 1. The zero-order chi connectivity index (χ0) is 13.8. The maximum atomic E-state index is 12.4. The van der Waals surface area contributed by atoms with Crippen LogP contribution in [0, 0.1) is 11.8 Å². The lowest BCUT2D eigenvalue weighted by Crippen LogP contribution is -2.32. The van der Waals surface area contributed by atoms with Gasteiger partial charge in [-0.1, -0.05) is 13.8 Å². The molecule has 1 fully saturated rings. The van der Waals surface area contributed by atoms with E-state index in [0.717, 1.165) is 36.3 Å². The fraction of sp³-hybridized carbons (Fsp3) is 0.600. The molecule has 1 saturated heterocycles. The van der Waals surface area contributed by atoms with Crippen molar-refractivity contribution in [1.29, 1.82) is 0 Å². The van der Waals surface area contributed by atoms with E-state index >= 15 is 0 Å². The van der Waals surface area contributed by atoms with Gasteiger partial charge in [-0.15, -0.1) is 0 Å². The number of carbonyl (C=O) groups is 1. The lowest BCUT2D eigenvalue weighted by atomic mass is 9.89. The summed E-state index contributed by atoms with van der Waals surface area (Å²) in [5, 5.41) is 0. The van der Waals surface area contributed by atoms with Gasteiger partial charge in [0.25, 0.3) is 5.91 Å². The number of nitrogens with zero attached hydrogens (tertiary/aromatic N) is 2. The Morgan fingerprint density at radius 2 is 2.16 bits per heavy atom. The molecular weight excluding hydrogens is 304 g/mol. The SMILES string of the molecule is CC(C)C1CCCN(C(=O)c2ccc(Br)cn2)CC1. The van der Waals surface area contributed by atoms with E-state index in [1.54, 1.807) is 12.3 Å². The fourth-order valence-electron chi connectivity index (χ4n) is 2.66. The van der Waals surface area contributed by atoms with Crippen molar-refractivity contribution in [3.05, 3.63) is 28.5 Å². The third-order valence-corrected chi connectivity index (χ3v) is 4.42. The number of hydrogen-bond acceptors (Lipinski definition) is 2. The summed E-state index contributed by atoms with van der Waals surface area (Å²) >= 11 is 3.34. The van der Waals surface area contributed by atoms with E-state index in [4.69, 9.17) is 0 Å². The van der Waals surface area contributed by atoms with Crippen molar-refractivity contribution in [2.24, 2.45) is 11.8 Å². The minimum atomic E-state index is 0.0666. The molecule has 0 N–H and O–H groups in total. The van der Waals surface area contributed by atoms with Crippen LogP contribution in [0.5, 0.6) is 0 Å².